The summed E-state index contributed by atoms with van der Waals surface area (Å²) in [5, 5.41) is 140. The molecule has 18 atom stereocenters. The number of aromatic nitrogens is 1. The fraction of sp³-hybridized carbons (Fsp3) is 0.367. The SMILES string of the molecule is CN[C@H](CC(C)C)C(=O)N[C@H]1C(=O)N[C@@H](CC(N)=O)C(=O)N[C@H]2C(=O)NC3C(=O)N[C@H](C(=O)N[C@@H](C(=O)O)c4cc(O)cc(O)c4-c4cc3ccc4O)[C@H](O)c3ccc(c(Cl)c3)Oc3cc2cc(c3O[C@@H]2O[C@H](CO)[C@@H](O)[C@H](O)C2O[C@H]2C[C@](C)(NCc3cncc(NC(=O)c4cc(Cl)cc(Cl)c4)c3)[C@H](O)[C@H](C)O2)Oc2ccc(cc2Cl)[C@H]1O. The number of carbonyl (C=O) groups is 9. The Morgan fingerprint density at radius 3 is 1.94 bits per heavy atom. The maximum Gasteiger partial charge on any atom is 0.330 e. The van der Waals surface area contributed by atoms with Gasteiger partial charge in [0.25, 0.3) is 5.91 Å². The van der Waals surface area contributed by atoms with Crippen molar-refractivity contribution in [3.05, 3.63) is 175 Å². The standard InChI is InChI=1S/C79H83Cl4N11O25/c1-30(2)12-46(85-5)71(106)93-61-63(100)34-7-10-50(44(82)17-34)115-52-19-36-20-53(67(52)119-78-68(66(103)65(102)54(29-95)117-78)118-56-25-79(4,69(104)31(3)114-56)87-27-32-13-40(28-86-26-32)88-70(105)37-14-38(80)21-39(81)15-37)116-51-11-8-35(18-45(51)83)64(101)62-76(111)92-60(77(112)113)43-22-41(96)23-49(98)57(43)42-16-33(6-9-48(42)97)58(73(108)94-62)91-74(109)59(36)90-72(107)47(24-55(84)99)89-75(61)110/h6-11,13-23,26,28,30-31,46-47,54,56,58-66,68-69,78,85,87,95-98,100-104H,12,24-25,27,29H2,1-5H3,(H2,84,99)(H,88,105)(H,89,110)(H,90,107)(H,91,109)(H,92,111)(H,93,106)(H,94,108)(H,112,113)/t31-,46+,47-,54+,56-,58?,59+,60+,61+,62-,63+,64+,65+,66-,68?,69+,78-,79-/m0/s1. The molecule has 11 bridgehead atoms. The van der Waals surface area contributed by atoms with Crippen LogP contribution in [0.3, 0.4) is 0 Å². The maximum absolute atomic E-state index is 16.2. The molecular weight excluding hydrogens is 1640 g/mol. The molecule has 2 saturated heterocycles. The number of hydrogen-bond donors (Lipinski definition) is 20. The van der Waals surface area contributed by atoms with E-state index >= 15 is 14.4 Å². The van der Waals surface area contributed by atoms with Crippen LogP contribution in [0.15, 0.2) is 116 Å². The number of aliphatic hydroxyl groups excluding tert-OH is 6. The molecule has 14 rings (SSSR count). The van der Waals surface area contributed by atoms with Crippen molar-refractivity contribution >= 4 is 105 Å². The van der Waals surface area contributed by atoms with Crippen molar-refractivity contribution in [1.29, 1.82) is 0 Å². The summed E-state index contributed by atoms with van der Waals surface area (Å²) < 4.78 is 39.4. The smallest absolute Gasteiger partial charge is 0.330 e. The highest BCUT2D eigenvalue weighted by Crippen LogP contribution is 2.50. The first-order chi connectivity index (χ1) is 56.4. The molecule has 1 aromatic heterocycles. The number of ether oxygens (including phenoxy) is 6. The van der Waals surface area contributed by atoms with Gasteiger partial charge in [-0.15, -0.1) is 0 Å². The molecule has 2 unspecified atom stereocenters. The largest absolute Gasteiger partial charge is 0.508 e. The summed E-state index contributed by atoms with van der Waals surface area (Å²) in [7, 11) is 1.47. The van der Waals surface area contributed by atoms with Crippen LogP contribution >= 0.6 is 46.4 Å². The number of amides is 8. The summed E-state index contributed by atoms with van der Waals surface area (Å²) in [4.78, 5) is 136. The first kappa shape index (κ1) is 87.5. The second-order valence-corrected chi connectivity index (χ2v) is 31.4. The fourth-order valence-electron chi connectivity index (χ4n) is 14.5. The quantitative estimate of drug-likeness (QED) is 0.0579. The van der Waals surface area contributed by atoms with E-state index < -0.39 is 248 Å². The number of pyridine rings is 1. The number of nitrogens with two attached hydrogens (primary N) is 1. The fourth-order valence-corrected chi connectivity index (χ4v) is 15.5. The van der Waals surface area contributed by atoms with Gasteiger partial charge in [0.2, 0.25) is 53.4 Å². The number of phenolic OH excluding ortho intramolecular Hbond substituents is 3. The normalized spacial score (nSPS) is 26.7. The van der Waals surface area contributed by atoms with E-state index in [1.54, 1.807) is 13.0 Å². The van der Waals surface area contributed by atoms with Gasteiger partial charge in [-0.1, -0.05) is 78.5 Å². The summed E-state index contributed by atoms with van der Waals surface area (Å²) in [5.41, 5.74) is 2.36. The van der Waals surface area contributed by atoms with E-state index in [2.05, 4.69) is 52.8 Å². The van der Waals surface area contributed by atoms with Crippen LogP contribution in [0.5, 0.6) is 46.0 Å². The zero-order chi connectivity index (χ0) is 86.1. The second kappa shape index (κ2) is 36.4. The Morgan fingerprint density at radius 1 is 0.689 bits per heavy atom. The average Bonchev–Trinajstić information content (AvgIpc) is 0.765. The summed E-state index contributed by atoms with van der Waals surface area (Å²) >= 11 is 26.6. The number of hydrogen-bond acceptors (Lipinski definition) is 27. The van der Waals surface area contributed by atoms with Crippen LogP contribution in [0.4, 0.5) is 5.69 Å². The lowest BCUT2D eigenvalue weighted by molar-refractivity contribution is -0.334. The zero-order valence-electron chi connectivity index (χ0n) is 63.5. The van der Waals surface area contributed by atoms with Gasteiger partial charge >= 0.3 is 5.97 Å². The van der Waals surface area contributed by atoms with Crippen LogP contribution in [0.25, 0.3) is 11.1 Å². The first-order valence-electron chi connectivity index (χ1n) is 37.0. The van der Waals surface area contributed by atoms with Crippen LogP contribution in [0.1, 0.15) is 121 Å². The summed E-state index contributed by atoms with van der Waals surface area (Å²) in [6.45, 7) is 5.73. The maximum atomic E-state index is 16.2. The number of halogens is 4. The number of fused-ring (bicyclic) bond motifs is 15. The van der Waals surface area contributed by atoms with Gasteiger partial charge in [0.1, 0.15) is 89.5 Å². The number of carboxylic acid groups (broad SMARTS) is 1. The van der Waals surface area contributed by atoms with Crippen molar-refractivity contribution in [2.45, 2.75) is 163 Å². The van der Waals surface area contributed by atoms with Crippen molar-refractivity contribution in [1.82, 2.24) is 47.5 Å². The Labute approximate surface area is 696 Å². The van der Waals surface area contributed by atoms with E-state index in [1.165, 1.54) is 56.7 Å². The lowest BCUT2D eigenvalue weighted by Crippen LogP contribution is -2.65. The molecule has 40 heteroatoms. The third-order valence-electron chi connectivity index (χ3n) is 20.6. The van der Waals surface area contributed by atoms with Gasteiger partial charge in [-0.2, -0.15) is 0 Å². The van der Waals surface area contributed by atoms with Crippen molar-refractivity contribution in [3.63, 3.8) is 0 Å². The van der Waals surface area contributed by atoms with Gasteiger partial charge in [0, 0.05) is 63.1 Å². The minimum atomic E-state index is -2.39. The number of benzene rings is 6. The van der Waals surface area contributed by atoms with Gasteiger partial charge in [0.05, 0.1) is 53.2 Å². The predicted octanol–water partition coefficient (Wildman–Crippen LogP) is 3.89. The summed E-state index contributed by atoms with van der Waals surface area (Å²) in [5.74, 6) is -16.9. The number of likely N-dealkylation sites (N-methyl/N-ethyl adjacent to an activating group) is 1. The number of carbonyl (C=O) groups excluding carboxylic acids is 8. The molecule has 7 aliphatic rings. The number of nitrogens with zero attached hydrogens (tertiary/aromatic N) is 1. The van der Waals surface area contributed by atoms with E-state index in [0.29, 0.717) is 5.56 Å². The molecule has 0 radical (unpaired) electrons. The molecule has 2 fully saturated rings. The average molecular weight is 1730 g/mol. The number of aliphatic hydroxyl groups is 6. The van der Waals surface area contributed by atoms with Gasteiger partial charge < -0.3 is 133 Å². The first-order valence-corrected chi connectivity index (χ1v) is 38.5. The van der Waals surface area contributed by atoms with Crippen molar-refractivity contribution < 1.29 is 123 Å². The molecule has 8 heterocycles. The molecule has 8 amide bonds. The Hall–Kier alpha value is -10.8. The second-order valence-electron chi connectivity index (χ2n) is 29.7. The van der Waals surface area contributed by atoms with Crippen molar-refractivity contribution in [2.75, 3.05) is 19.0 Å². The Kier molecular flexibility index (Phi) is 26.8. The minimum absolute atomic E-state index is 0.0191. The molecule has 6 aromatic carbocycles. The number of rotatable bonds is 18. The number of nitrogens with one attached hydrogen (secondary N) is 9. The van der Waals surface area contributed by atoms with E-state index in [9.17, 15) is 79.8 Å². The number of aliphatic carboxylic acids is 1. The molecule has 0 saturated carbocycles. The van der Waals surface area contributed by atoms with Crippen molar-refractivity contribution in [2.24, 2.45) is 11.7 Å². The van der Waals surface area contributed by atoms with Crippen LogP contribution in [-0.4, -0.2) is 202 Å². The number of carboxylic acids is 1. The van der Waals surface area contributed by atoms with Gasteiger partial charge in [-0.3, -0.25) is 43.3 Å². The Morgan fingerprint density at radius 2 is 1.32 bits per heavy atom. The van der Waals surface area contributed by atoms with E-state index in [1.807, 2.05) is 13.8 Å². The number of aromatic hydroxyl groups is 3. The highest BCUT2D eigenvalue weighted by molar-refractivity contribution is 6.35. The third kappa shape index (κ3) is 19.4. The van der Waals surface area contributed by atoms with Crippen LogP contribution in [0, 0.1) is 5.92 Å². The molecule has 0 aliphatic carbocycles. The molecule has 36 nitrogen and oxygen atoms in total. The molecule has 7 aromatic rings. The summed E-state index contributed by atoms with van der Waals surface area (Å²) in [6.07, 6.45) is -16.5. The molecule has 7 aliphatic heterocycles. The highest BCUT2D eigenvalue weighted by atomic mass is 35.5. The van der Waals surface area contributed by atoms with Crippen LogP contribution < -0.4 is 67.8 Å². The van der Waals surface area contributed by atoms with E-state index in [0.717, 1.165) is 66.7 Å². The lowest BCUT2D eigenvalue weighted by Gasteiger charge is -2.48. The van der Waals surface area contributed by atoms with Gasteiger partial charge in [-0.25, -0.2) is 4.79 Å². The summed E-state index contributed by atoms with van der Waals surface area (Å²) in [6, 6.07) is 4.92. The van der Waals surface area contributed by atoms with Gasteiger partial charge in [-0.05, 0) is 140 Å². The zero-order valence-corrected chi connectivity index (χ0v) is 66.6. The van der Waals surface area contributed by atoms with Crippen LogP contribution in [-0.2, 0) is 59.1 Å². The molecule has 0 spiro atoms. The topological polar surface area (TPSA) is 558 Å². The third-order valence-corrected chi connectivity index (χ3v) is 21.6. The molecular formula is C79H83Cl4N11O25. The van der Waals surface area contributed by atoms with Crippen LogP contribution in [0.2, 0.25) is 20.1 Å². The monoisotopic (exact) mass is 1730 g/mol. The minimum Gasteiger partial charge on any atom is -0.508 e. The molecule has 21 N–H and O–H groups in total. The Balaban J connectivity index is 1.02. The van der Waals surface area contributed by atoms with E-state index in [4.69, 9.17) is 80.6 Å². The van der Waals surface area contributed by atoms with Gasteiger partial charge in [0.15, 0.2) is 29.9 Å². The van der Waals surface area contributed by atoms with E-state index in [-0.39, 0.29) is 69.0 Å². The Bertz CT molecular complexity index is 5110. The number of primary amides is 1. The number of anilines is 1. The predicted molar refractivity (Wildman–Crippen MR) is 421 cm³/mol. The molecule has 632 valence electrons. The van der Waals surface area contributed by atoms with Crippen molar-refractivity contribution in [3.8, 4) is 57.1 Å². The lowest BCUT2D eigenvalue weighted by atomic mass is 9.84. The highest BCUT2D eigenvalue weighted by Gasteiger charge is 2.52. The molecule has 119 heavy (non-hydrogen) atoms. The number of phenols is 3.